The molecule has 2 rings (SSSR count). The summed E-state index contributed by atoms with van der Waals surface area (Å²) < 4.78 is 0. The van der Waals surface area contributed by atoms with Crippen LogP contribution in [-0.2, 0) is 0 Å². The lowest BCUT2D eigenvalue weighted by Gasteiger charge is -2.46. The molecule has 0 bridgehead atoms. The summed E-state index contributed by atoms with van der Waals surface area (Å²) in [4.78, 5) is 18.0. The molecule has 2 aliphatic rings. The Labute approximate surface area is 116 Å². The van der Waals surface area contributed by atoms with Gasteiger partial charge in [-0.25, -0.2) is 4.79 Å². The molecule has 0 spiro atoms. The minimum absolute atomic E-state index is 0.268. The second kappa shape index (κ2) is 5.67. The van der Waals surface area contributed by atoms with Crippen molar-refractivity contribution in [2.45, 2.75) is 45.2 Å². The average molecular weight is 268 g/mol. The maximum Gasteiger partial charge on any atom is 0.314 e. The van der Waals surface area contributed by atoms with Gasteiger partial charge in [0.2, 0.25) is 0 Å². The number of likely N-dealkylation sites (tertiary alicyclic amines) is 1. The number of nitrogens with zero attached hydrogens (tertiary/aromatic N) is 3. The Balaban J connectivity index is 1.78. The minimum Gasteiger partial charge on any atom is -0.351 e. The van der Waals surface area contributed by atoms with Crippen LogP contribution < -0.4 is 5.73 Å². The van der Waals surface area contributed by atoms with Gasteiger partial charge in [0.1, 0.15) is 0 Å². The monoisotopic (exact) mass is 268 g/mol. The molecular formula is C14H28N4O. The molecule has 2 heterocycles. The van der Waals surface area contributed by atoms with Crippen LogP contribution in [0.4, 0.5) is 4.79 Å². The Morgan fingerprint density at radius 2 is 1.53 bits per heavy atom. The van der Waals surface area contributed by atoms with Crippen LogP contribution in [0.15, 0.2) is 0 Å². The number of piperazine rings is 1. The van der Waals surface area contributed by atoms with Crippen molar-refractivity contribution in [3.63, 3.8) is 0 Å². The zero-order chi connectivity index (χ0) is 14.0. The van der Waals surface area contributed by atoms with E-state index in [1.165, 1.54) is 0 Å². The molecule has 0 aromatic heterocycles. The molecule has 2 aliphatic heterocycles. The van der Waals surface area contributed by atoms with Gasteiger partial charge in [-0.15, -0.1) is 0 Å². The second-order valence-corrected chi connectivity index (χ2v) is 6.75. The molecule has 0 saturated carbocycles. The van der Waals surface area contributed by atoms with Crippen LogP contribution in [0.1, 0.15) is 33.6 Å². The van der Waals surface area contributed by atoms with Gasteiger partial charge in [0, 0.05) is 50.8 Å². The number of carbonyl (C=O) groups is 1. The lowest BCUT2D eigenvalue weighted by atomic mass is 10.0. The Morgan fingerprint density at radius 1 is 1.00 bits per heavy atom. The van der Waals surface area contributed by atoms with Gasteiger partial charge in [-0.1, -0.05) is 0 Å². The van der Waals surface area contributed by atoms with Crippen molar-refractivity contribution in [2.75, 3.05) is 39.3 Å². The van der Waals surface area contributed by atoms with E-state index in [1.807, 2.05) is 0 Å². The Bertz CT molecular complexity index is 310. The summed E-state index contributed by atoms with van der Waals surface area (Å²) >= 11 is 0. The molecule has 110 valence electrons. The molecule has 2 saturated heterocycles. The highest BCUT2D eigenvalue weighted by Crippen LogP contribution is 2.21. The topological polar surface area (TPSA) is 52.8 Å². The van der Waals surface area contributed by atoms with Crippen molar-refractivity contribution in [3.8, 4) is 0 Å². The highest BCUT2D eigenvalue weighted by atomic mass is 16.2. The van der Waals surface area contributed by atoms with E-state index < -0.39 is 0 Å². The molecule has 0 aromatic carbocycles. The van der Waals surface area contributed by atoms with Gasteiger partial charge >= 0.3 is 6.03 Å². The van der Waals surface area contributed by atoms with Crippen molar-refractivity contribution in [1.82, 2.24) is 14.7 Å². The number of primary amides is 1. The molecule has 5 nitrogen and oxygen atoms in total. The van der Waals surface area contributed by atoms with Crippen LogP contribution in [0.2, 0.25) is 0 Å². The van der Waals surface area contributed by atoms with Gasteiger partial charge in [-0.2, -0.15) is 0 Å². The first-order chi connectivity index (χ1) is 8.88. The molecule has 0 unspecified atom stereocenters. The SMILES string of the molecule is CC(C)(C)N1CCN(C2CCN(C(N)=O)CC2)CC1. The number of nitrogens with two attached hydrogens (primary N) is 1. The summed E-state index contributed by atoms with van der Waals surface area (Å²) in [6, 6.07) is 0.369. The Morgan fingerprint density at radius 3 is 1.95 bits per heavy atom. The van der Waals surface area contributed by atoms with E-state index in [0.717, 1.165) is 52.1 Å². The fourth-order valence-corrected chi connectivity index (χ4v) is 3.21. The predicted molar refractivity (Wildman–Crippen MR) is 77.1 cm³/mol. The molecule has 19 heavy (non-hydrogen) atoms. The quantitative estimate of drug-likeness (QED) is 0.770. The molecule has 0 radical (unpaired) electrons. The van der Waals surface area contributed by atoms with Crippen molar-refractivity contribution >= 4 is 6.03 Å². The van der Waals surface area contributed by atoms with E-state index >= 15 is 0 Å². The minimum atomic E-state index is -0.268. The van der Waals surface area contributed by atoms with Crippen molar-refractivity contribution < 1.29 is 4.79 Å². The van der Waals surface area contributed by atoms with Crippen LogP contribution in [0.25, 0.3) is 0 Å². The smallest absolute Gasteiger partial charge is 0.314 e. The highest BCUT2D eigenvalue weighted by Gasteiger charge is 2.31. The van der Waals surface area contributed by atoms with E-state index in [0.29, 0.717) is 6.04 Å². The van der Waals surface area contributed by atoms with Crippen LogP contribution in [0.3, 0.4) is 0 Å². The lowest BCUT2D eigenvalue weighted by molar-refractivity contribution is 0.0276. The second-order valence-electron chi connectivity index (χ2n) is 6.75. The van der Waals surface area contributed by atoms with E-state index in [1.54, 1.807) is 4.90 Å². The first-order valence-corrected chi connectivity index (χ1v) is 7.41. The first kappa shape index (κ1) is 14.6. The fourth-order valence-electron chi connectivity index (χ4n) is 3.21. The molecule has 2 N–H and O–H groups in total. The predicted octanol–water partition coefficient (Wildman–Crippen LogP) is 0.946. The van der Waals surface area contributed by atoms with Crippen LogP contribution in [0.5, 0.6) is 0 Å². The number of hydrogen-bond acceptors (Lipinski definition) is 3. The van der Waals surface area contributed by atoms with E-state index in [-0.39, 0.29) is 11.6 Å². The number of carbonyl (C=O) groups excluding carboxylic acids is 1. The Kier molecular flexibility index (Phi) is 4.36. The molecule has 0 aromatic rings. The summed E-state index contributed by atoms with van der Waals surface area (Å²) in [5.74, 6) is 0. The maximum atomic E-state index is 11.1. The van der Waals surface area contributed by atoms with Crippen molar-refractivity contribution in [2.24, 2.45) is 5.73 Å². The van der Waals surface area contributed by atoms with Crippen molar-refractivity contribution in [3.05, 3.63) is 0 Å². The third-order valence-electron chi connectivity index (χ3n) is 4.56. The van der Waals surface area contributed by atoms with Crippen LogP contribution in [-0.4, -0.2) is 71.6 Å². The molecule has 2 fully saturated rings. The number of hydrogen-bond donors (Lipinski definition) is 1. The summed E-state index contributed by atoms with van der Waals surface area (Å²) in [6.45, 7) is 13.1. The maximum absolute atomic E-state index is 11.1. The first-order valence-electron chi connectivity index (χ1n) is 7.41. The number of rotatable bonds is 1. The van der Waals surface area contributed by atoms with Gasteiger partial charge in [0.15, 0.2) is 0 Å². The van der Waals surface area contributed by atoms with E-state index in [9.17, 15) is 4.79 Å². The van der Waals surface area contributed by atoms with Gasteiger partial charge < -0.3 is 10.6 Å². The van der Waals surface area contributed by atoms with E-state index in [4.69, 9.17) is 5.73 Å². The summed E-state index contributed by atoms with van der Waals surface area (Å²) in [5, 5.41) is 0. The van der Waals surface area contributed by atoms with Crippen molar-refractivity contribution in [1.29, 1.82) is 0 Å². The zero-order valence-corrected chi connectivity index (χ0v) is 12.6. The number of urea groups is 1. The van der Waals surface area contributed by atoms with Gasteiger partial charge in [0.25, 0.3) is 0 Å². The third-order valence-corrected chi connectivity index (χ3v) is 4.56. The lowest BCUT2D eigenvalue weighted by Crippen LogP contribution is -2.57. The molecular weight excluding hydrogens is 240 g/mol. The third kappa shape index (κ3) is 3.60. The normalized spacial score (nSPS) is 24.7. The Hall–Kier alpha value is -0.810. The van der Waals surface area contributed by atoms with Gasteiger partial charge in [0.05, 0.1) is 0 Å². The standard InChI is InChI=1S/C14H28N4O/c1-14(2,3)18-10-8-16(9-11-18)12-4-6-17(7-5-12)13(15)19/h12H,4-11H2,1-3H3,(H2,15,19). The number of piperidine rings is 1. The fraction of sp³-hybridized carbons (Fsp3) is 0.929. The summed E-state index contributed by atoms with van der Waals surface area (Å²) in [7, 11) is 0. The number of amides is 2. The molecule has 5 heteroatoms. The highest BCUT2D eigenvalue weighted by molar-refractivity contribution is 5.72. The van der Waals surface area contributed by atoms with Gasteiger partial charge in [-0.3, -0.25) is 9.80 Å². The largest absolute Gasteiger partial charge is 0.351 e. The molecule has 0 aliphatic carbocycles. The average Bonchev–Trinajstić information content (AvgIpc) is 2.38. The van der Waals surface area contributed by atoms with Crippen LogP contribution in [0, 0.1) is 0 Å². The van der Waals surface area contributed by atoms with Crippen LogP contribution >= 0.6 is 0 Å². The summed E-state index contributed by atoms with van der Waals surface area (Å²) in [6.07, 6.45) is 2.14. The van der Waals surface area contributed by atoms with Gasteiger partial charge in [-0.05, 0) is 33.6 Å². The summed E-state index contributed by atoms with van der Waals surface area (Å²) in [5.41, 5.74) is 5.60. The molecule has 2 amide bonds. The van der Waals surface area contributed by atoms with E-state index in [2.05, 4.69) is 30.6 Å². The zero-order valence-electron chi connectivity index (χ0n) is 12.6. The molecule has 0 atom stereocenters.